The number of hydrogen-bond donors (Lipinski definition) is 0. The van der Waals surface area contributed by atoms with E-state index < -0.39 is 0 Å². The number of benzene rings is 2. The molecule has 2 heterocycles. The Morgan fingerprint density at radius 1 is 0.920 bits per heavy atom. The van der Waals surface area contributed by atoms with E-state index in [2.05, 4.69) is 89.0 Å². The molecule has 0 unspecified atom stereocenters. The van der Waals surface area contributed by atoms with Crippen LogP contribution in [0.4, 0.5) is 5.69 Å². The van der Waals surface area contributed by atoms with E-state index in [4.69, 9.17) is 0 Å². The average molecular weight is 350 g/mol. The highest BCUT2D eigenvalue weighted by atomic mass is 32.2. The lowest BCUT2D eigenvalue weighted by Crippen LogP contribution is -2.30. The van der Waals surface area contributed by atoms with Crippen LogP contribution in [0.15, 0.2) is 59.8 Å². The number of para-hydroxylation sites is 1. The Bertz CT molecular complexity index is 863. The normalized spacial score (nSPS) is 14.4. The molecule has 0 N–H and O–H groups in total. The minimum atomic E-state index is 0.156. The monoisotopic (exact) mass is 350 g/mol. The van der Waals surface area contributed by atoms with Gasteiger partial charge in [-0.15, -0.1) is 10.2 Å². The maximum absolute atomic E-state index is 4.45. The lowest BCUT2D eigenvalue weighted by Gasteiger charge is -2.29. The highest BCUT2D eigenvalue weighted by Gasteiger charge is 2.23. The molecular formula is C20H22N4S. The van der Waals surface area contributed by atoms with Gasteiger partial charge in [0.15, 0.2) is 11.0 Å². The van der Waals surface area contributed by atoms with E-state index in [1.807, 2.05) is 6.07 Å². The minimum Gasteiger partial charge on any atom is -0.344 e. The summed E-state index contributed by atoms with van der Waals surface area (Å²) in [7, 11) is 0. The molecule has 3 aromatic rings. The van der Waals surface area contributed by atoms with Crippen molar-refractivity contribution in [1.29, 1.82) is 0 Å². The molecule has 1 aliphatic rings. The Morgan fingerprint density at radius 3 is 2.32 bits per heavy atom. The minimum absolute atomic E-state index is 0.156. The van der Waals surface area contributed by atoms with Crippen LogP contribution in [0.1, 0.15) is 26.3 Å². The highest BCUT2D eigenvalue weighted by molar-refractivity contribution is 7.99. The van der Waals surface area contributed by atoms with Gasteiger partial charge in [0.05, 0.1) is 12.5 Å². The van der Waals surface area contributed by atoms with E-state index in [0.717, 1.165) is 29.1 Å². The van der Waals surface area contributed by atoms with E-state index >= 15 is 0 Å². The predicted octanol–water partition coefficient (Wildman–Crippen LogP) is 4.77. The average Bonchev–Trinajstić information content (AvgIpc) is 3.05. The topological polar surface area (TPSA) is 34.0 Å². The highest BCUT2D eigenvalue weighted by Crippen LogP contribution is 2.32. The first kappa shape index (κ1) is 16.2. The first-order valence-corrected chi connectivity index (χ1v) is 9.48. The van der Waals surface area contributed by atoms with Gasteiger partial charge in [0.25, 0.3) is 0 Å². The fraction of sp³-hybridized carbons (Fsp3) is 0.300. The van der Waals surface area contributed by atoms with Crippen molar-refractivity contribution < 1.29 is 0 Å². The van der Waals surface area contributed by atoms with Crippen LogP contribution in [0, 0.1) is 0 Å². The number of thioether (sulfide) groups is 1. The van der Waals surface area contributed by atoms with Crippen LogP contribution in [0.5, 0.6) is 0 Å². The van der Waals surface area contributed by atoms with Crippen LogP contribution in [0.3, 0.4) is 0 Å². The van der Waals surface area contributed by atoms with Gasteiger partial charge in [0, 0.05) is 11.3 Å². The van der Waals surface area contributed by atoms with Gasteiger partial charge in [-0.2, -0.15) is 0 Å². The molecule has 0 spiro atoms. The van der Waals surface area contributed by atoms with Gasteiger partial charge in [-0.1, -0.05) is 75.0 Å². The van der Waals surface area contributed by atoms with Crippen LogP contribution in [0.2, 0.25) is 0 Å². The molecule has 128 valence electrons. The second-order valence-corrected chi connectivity index (χ2v) is 8.26. The molecule has 0 saturated heterocycles. The predicted molar refractivity (Wildman–Crippen MR) is 104 cm³/mol. The van der Waals surface area contributed by atoms with E-state index in [9.17, 15) is 0 Å². The van der Waals surface area contributed by atoms with E-state index in [1.165, 1.54) is 11.3 Å². The van der Waals surface area contributed by atoms with Crippen LogP contribution >= 0.6 is 11.8 Å². The summed E-state index contributed by atoms with van der Waals surface area (Å²) < 4.78 is 2.20. The molecule has 0 atom stereocenters. The summed E-state index contributed by atoms with van der Waals surface area (Å²) in [6.07, 6.45) is 0. The molecule has 1 aromatic heterocycles. The quantitative estimate of drug-likeness (QED) is 0.667. The largest absolute Gasteiger partial charge is 0.344 e. The van der Waals surface area contributed by atoms with Crippen molar-refractivity contribution >= 4 is 17.4 Å². The Hall–Kier alpha value is -2.27. The van der Waals surface area contributed by atoms with Gasteiger partial charge >= 0.3 is 0 Å². The molecule has 0 amide bonds. The Kier molecular flexibility index (Phi) is 4.04. The standard InChI is InChI=1S/C20H22N4S/c1-20(2,3)16-11-9-15(10-12-16)18-21-22-19-24(18)13-23(14-25-19)17-7-5-4-6-8-17/h4-12H,13-14H2,1-3H3. The zero-order chi connectivity index (χ0) is 17.4. The van der Waals surface area contributed by atoms with Crippen molar-refractivity contribution in [2.24, 2.45) is 0 Å². The molecule has 4 rings (SSSR count). The summed E-state index contributed by atoms with van der Waals surface area (Å²) in [5.41, 5.74) is 3.82. The first-order valence-electron chi connectivity index (χ1n) is 8.49. The summed E-state index contributed by atoms with van der Waals surface area (Å²) in [5, 5.41) is 9.82. The van der Waals surface area contributed by atoms with Crippen molar-refractivity contribution in [2.45, 2.75) is 38.0 Å². The number of rotatable bonds is 2. The molecule has 25 heavy (non-hydrogen) atoms. The van der Waals surface area contributed by atoms with Crippen molar-refractivity contribution in [3.8, 4) is 11.4 Å². The third-order valence-corrected chi connectivity index (χ3v) is 5.51. The second kappa shape index (κ2) is 6.23. The molecular weight excluding hydrogens is 328 g/mol. The number of aromatic nitrogens is 3. The van der Waals surface area contributed by atoms with Crippen molar-refractivity contribution in [1.82, 2.24) is 14.8 Å². The van der Waals surface area contributed by atoms with Gasteiger partial charge in [-0.3, -0.25) is 4.57 Å². The number of hydrogen-bond acceptors (Lipinski definition) is 4. The maximum atomic E-state index is 4.45. The Balaban J connectivity index is 1.65. The zero-order valence-electron chi connectivity index (χ0n) is 14.8. The van der Waals surface area contributed by atoms with Crippen LogP contribution < -0.4 is 4.90 Å². The SMILES string of the molecule is CC(C)(C)c1ccc(-c2nnc3n2CN(c2ccccc2)CS3)cc1. The lowest BCUT2D eigenvalue weighted by molar-refractivity contribution is 0.590. The van der Waals surface area contributed by atoms with E-state index in [0.29, 0.717) is 0 Å². The van der Waals surface area contributed by atoms with Crippen LogP contribution in [-0.2, 0) is 12.1 Å². The van der Waals surface area contributed by atoms with Gasteiger partial charge < -0.3 is 4.90 Å². The third-order valence-electron chi connectivity index (χ3n) is 4.51. The smallest absolute Gasteiger partial charge is 0.194 e. The van der Waals surface area contributed by atoms with E-state index in [1.54, 1.807) is 11.8 Å². The third kappa shape index (κ3) is 3.16. The second-order valence-electron chi connectivity index (χ2n) is 7.35. The molecule has 0 bridgehead atoms. The van der Waals surface area contributed by atoms with Crippen LogP contribution in [-0.4, -0.2) is 20.6 Å². The van der Waals surface area contributed by atoms with E-state index in [-0.39, 0.29) is 5.41 Å². The molecule has 0 aliphatic carbocycles. The van der Waals surface area contributed by atoms with Crippen molar-refractivity contribution in [3.63, 3.8) is 0 Å². The molecule has 2 aromatic carbocycles. The van der Waals surface area contributed by atoms with Crippen LogP contribution in [0.25, 0.3) is 11.4 Å². The van der Waals surface area contributed by atoms with Gasteiger partial charge in [0.1, 0.15) is 0 Å². The number of anilines is 1. The Morgan fingerprint density at radius 2 is 1.64 bits per heavy atom. The lowest BCUT2D eigenvalue weighted by atomic mass is 9.87. The molecule has 0 saturated carbocycles. The molecule has 5 heteroatoms. The summed E-state index contributed by atoms with van der Waals surface area (Å²) in [4.78, 5) is 2.34. The molecule has 0 fully saturated rings. The number of fused-ring (bicyclic) bond motifs is 1. The summed E-state index contributed by atoms with van der Waals surface area (Å²) in [6, 6.07) is 19.2. The fourth-order valence-corrected chi connectivity index (χ4v) is 3.90. The zero-order valence-corrected chi connectivity index (χ0v) is 15.6. The van der Waals surface area contributed by atoms with Gasteiger partial charge in [-0.05, 0) is 23.1 Å². The summed E-state index contributed by atoms with van der Waals surface area (Å²) in [5.74, 6) is 1.83. The molecule has 0 radical (unpaired) electrons. The Labute approximate surface area is 152 Å². The molecule has 1 aliphatic heterocycles. The maximum Gasteiger partial charge on any atom is 0.194 e. The number of nitrogens with zero attached hydrogens (tertiary/aromatic N) is 4. The van der Waals surface area contributed by atoms with Gasteiger partial charge in [-0.25, -0.2) is 0 Å². The summed E-state index contributed by atoms with van der Waals surface area (Å²) >= 11 is 1.73. The van der Waals surface area contributed by atoms with Crippen molar-refractivity contribution in [2.75, 3.05) is 10.8 Å². The van der Waals surface area contributed by atoms with Crippen molar-refractivity contribution in [3.05, 3.63) is 60.2 Å². The summed E-state index contributed by atoms with van der Waals surface area (Å²) in [6.45, 7) is 7.47. The first-order chi connectivity index (χ1) is 12.0. The molecule has 4 nitrogen and oxygen atoms in total. The fourth-order valence-electron chi connectivity index (χ4n) is 3.00. The van der Waals surface area contributed by atoms with Gasteiger partial charge in [0.2, 0.25) is 0 Å².